The second-order valence-electron chi connectivity index (χ2n) is 7.11. The minimum absolute atomic E-state index is 0.0596. The monoisotopic (exact) mass is 481 g/mol. The van der Waals surface area contributed by atoms with Crippen molar-refractivity contribution in [2.75, 3.05) is 0 Å². The van der Waals surface area contributed by atoms with E-state index >= 15 is 0 Å². The average Bonchev–Trinajstić information content (AvgIpc) is 3.40. The Labute approximate surface area is 186 Å². The number of amides is 1. The van der Waals surface area contributed by atoms with Crippen LogP contribution in [0.3, 0.4) is 0 Å². The summed E-state index contributed by atoms with van der Waals surface area (Å²) in [6.07, 6.45) is -5.95. The maximum Gasteiger partial charge on any atom is 0.416 e. The molecule has 1 amide bonds. The molecule has 0 bridgehead atoms. The van der Waals surface area contributed by atoms with E-state index in [1.165, 1.54) is 18.6 Å². The van der Waals surface area contributed by atoms with Crippen molar-refractivity contribution >= 4 is 5.91 Å². The van der Waals surface area contributed by atoms with Gasteiger partial charge in [-0.25, -0.2) is 0 Å². The van der Waals surface area contributed by atoms with Gasteiger partial charge in [0.25, 0.3) is 5.91 Å². The fraction of sp³-hybridized carbons (Fsp3) is 0.143. The van der Waals surface area contributed by atoms with Crippen molar-refractivity contribution in [2.24, 2.45) is 5.73 Å². The Hall–Kier alpha value is -4.16. The van der Waals surface area contributed by atoms with Gasteiger partial charge in [0.1, 0.15) is 5.69 Å². The molecule has 176 valence electrons. The minimum Gasteiger partial charge on any atom is -0.364 e. The van der Waals surface area contributed by atoms with Crippen molar-refractivity contribution in [3.05, 3.63) is 77.4 Å². The van der Waals surface area contributed by atoms with Crippen molar-refractivity contribution in [1.29, 1.82) is 0 Å². The van der Waals surface area contributed by atoms with Gasteiger partial charge in [-0.15, -0.1) is 0 Å². The summed E-state index contributed by atoms with van der Waals surface area (Å²) >= 11 is 0. The predicted molar refractivity (Wildman–Crippen MR) is 105 cm³/mol. The largest absolute Gasteiger partial charge is 0.416 e. The number of halogens is 6. The zero-order valence-corrected chi connectivity index (χ0v) is 16.9. The molecule has 0 fully saturated rings. The second kappa shape index (κ2) is 8.32. The lowest BCUT2D eigenvalue weighted by molar-refractivity contribution is -0.143. The van der Waals surface area contributed by atoms with Crippen LogP contribution in [0, 0.1) is 0 Å². The number of rotatable bonds is 5. The van der Waals surface area contributed by atoms with E-state index in [4.69, 9.17) is 10.3 Å². The van der Waals surface area contributed by atoms with Crippen LogP contribution in [-0.2, 0) is 18.9 Å². The van der Waals surface area contributed by atoms with E-state index in [9.17, 15) is 31.1 Å². The van der Waals surface area contributed by atoms with Crippen LogP contribution in [-0.4, -0.2) is 25.8 Å². The van der Waals surface area contributed by atoms with E-state index < -0.39 is 41.5 Å². The van der Waals surface area contributed by atoms with Gasteiger partial charge in [-0.2, -0.15) is 31.4 Å². The Kier molecular flexibility index (Phi) is 5.63. The van der Waals surface area contributed by atoms with E-state index in [0.717, 1.165) is 10.7 Å². The fourth-order valence-corrected chi connectivity index (χ4v) is 3.31. The molecule has 3 heterocycles. The van der Waals surface area contributed by atoms with Crippen LogP contribution in [0.1, 0.15) is 27.2 Å². The van der Waals surface area contributed by atoms with Crippen LogP contribution in [0.15, 0.2) is 59.5 Å². The van der Waals surface area contributed by atoms with E-state index in [1.54, 1.807) is 18.2 Å². The van der Waals surface area contributed by atoms with Gasteiger partial charge in [0, 0.05) is 18.0 Å². The van der Waals surface area contributed by atoms with Crippen LogP contribution < -0.4 is 5.73 Å². The number of hydrogen-bond donors (Lipinski definition) is 1. The van der Waals surface area contributed by atoms with Gasteiger partial charge in [0.15, 0.2) is 11.5 Å². The highest BCUT2D eigenvalue weighted by molar-refractivity contribution is 6.00. The van der Waals surface area contributed by atoms with Gasteiger partial charge >= 0.3 is 12.4 Å². The summed E-state index contributed by atoms with van der Waals surface area (Å²) in [6.45, 7) is -0.497. The van der Waals surface area contributed by atoms with Gasteiger partial charge in [-0.05, 0) is 29.8 Å². The highest BCUT2D eigenvalue weighted by atomic mass is 19.4. The molecule has 0 unspecified atom stereocenters. The van der Waals surface area contributed by atoms with Gasteiger partial charge in [0.2, 0.25) is 0 Å². The van der Waals surface area contributed by atoms with Crippen molar-refractivity contribution < 1.29 is 35.7 Å². The third-order valence-electron chi connectivity index (χ3n) is 4.82. The lowest BCUT2D eigenvalue weighted by Crippen LogP contribution is -2.15. The molecule has 1 aromatic carbocycles. The number of primary amides is 1. The molecule has 7 nitrogen and oxygen atoms in total. The van der Waals surface area contributed by atoms with E-state index in [-0.39, 0.29) is 28.6 Å². The Morgan fingerprint density at radius 1 is 1.06 bits per heavy atom. The second-order valence-corrected chi connectivity index (χ2v) is 7.11. The van der Waals surface area contributed by atoms with Crippen LogP contribution in [0.5, 0.6) is 0 Å². The molecule has 0 aliphatic carbocycles. The molecular weight excluding hydrogens is 468 g/mol. The Morgan fingerprint density at radius 3 is 2.44 bits per heavy atom. The minimum atomic E-state index is -5.02. The molecule has 0 atom stereocenters. The molecule has 4 rings (SSSR count). The van der Waals surface area contributed by atoms with Crippen LogP contribution in [0.2, 0.25) is 0 Å². The average molecular weight is 481 g/mol. The first-order chi connectivity index (χ1) is 15.9. The molecule has 13 heteroatoms. The summed E-state index contributed by atoms with van der Waals surface area (Å²) in [5, 5.41) is 7.64. The fourth-order valence-electron chi connectivity index (χ4n) is 3.31. The number of alkyl halides is 6. The first-order valence-electron chi connectivity index (χ1n) is 9.46. The molecular formula is C21H13F6N5O2. The molecule has 0 spiro atoms. The van der Waals surface area contributed by atoms with Gasteiger partial charge in [-0.3, -0.25) is 14.5 Å². The number of carbonyl (C=O) groups is 1. The third kappa shape index (κ3) is 4.49. The van der Waals surface area contributed by atoms with Gasteiger partial charge in [0.05, 0.1) is 29.4 Å². The quantitative estimate of drug-likeness (QED) is 0.414. The van der Waals surface area contributed by atoms with Crippen LogP contribution in [0.4, 0.5) is 26.3 Å². The Bertz CT molecular complexity index is 1340. The summed E-state index contributed by atoms with van der Waals surface area (Å²) in [4.78, 5) is 16.0. The summed E-state index contributed by atoms with van der Waals surface area (Å²) in [5.41, 5.74) is 2.51. The zero-order chi connectivity index (χ0) is 24.7. The maximum atomic E-state index is 13.5. The number of aromatic nitrogens is 4. The van der Waals surface area contributed by atoms with Gasteiger partial charge in [-0.1, -0.05) is 17.3 Å². The smallest absolute Gasteiger partial charge is 0.364 e. The molecule has 0 saturated carbocycles. The summed E-state index contributed by atoms with van der Waals surface area (Å²) in [6, 6.07) is 6.27. The SMILES string of the molecule is NC(=O)c1noc(-c2ccccn2)c1-c1cnn(Cc2ccc(C(F)(F)F)cc2C(F)(F)F)c1. The molecule has 0 saturated heterocycles. The van der Waals surface area contributed by atoms with Crippen LogP contribution in [0.25, 0.3) is 22.6 Å². The molecule has 0 radical (unpaired) electrons. The van der Waals surface area contributed by atoms with Crippen molar-refractivity contribution in [2.45, 2.75) is 18.9 Å². The topological polar surface area (TPSA) is 99.8 Å². The summed E-state index contributed by atoms with van der Waals surface area (Å²) in [5.74, 6) is -0.838. The number of nitrogens with zero attached hydrogens (tertiary/aromatic N) is 4. The zero-order valence-electron chi connectivity index (χ0n) is 16.9. The number of nitrogens with two attached hydrogens (primary N) is 1. The summed E-state index contributed by atoms with van der Waals surface area (Å²) in [7, 11) is 0. The van der Waals surface area contributed by atoms with Crippen molar-refractivity contribution in [3.8, 4) is 22.6 Å². The first kappa shape index (κ1) is 23.0. The van der Waals surface area contributed by atoms with E-state index in [0.29, 0.717) is 11.8 Å². The molecule has 4 aromatic rings. The number of pyridine rings is 1. The standard InChI is InChI=1S/C21H13F6N5O2/c22-20(23,24)13-5-4-11(14(7-13)21(25,26)27)9-32-10-12(8-30-32)16-17(19(28)33)31-34-18(16)15-3-1-2-6-29-15/h1-8,10H,9H2,(H2,28,33). The third-order valence-corrected chi connectivity index (χ3v) is 4.82. The normalized spacial score (nSPS) is 12.2. The van der Waals surface area contributed by atoms with E-state index in [2.05, 4.69) is 15.2 Å². The van der Waals surface area contributed by atoms with Crippen molar-refractivity contribution in [1.82, 2.24) is 19.9 Å². The van der Waals surface area contributed by atoms with Crippen molar-refractivity contribution in [3.63, 3.8) is 0 Å². The maximum absolute atomic E-state index is 13.5. The first-order valence-corrected chi connectivity index (χ1v) is 9.46. The molecule has 2 N–H and O–H groups in total. The van der Waals surface area contributed by atoms with E-state index in [1.807, 2.05) is 0 Å². The highest BCUT2D eigenvalue weighted by Gasteiger charge is 2.38. The Morgan fingerprint density at radius 2 is 1.82 bits per heavy atom. The molecule has 34 heavy (non-hydrogen) atoms. The number of benzene rings is 1. The Balaban J connectivity index is 1.74. The molecule has 3 aromatic heterocycles. The highest BCUT2D eigenvalue weighted by Crippen LogP contribution is 2.38. The van der Waals surface area contributed by atoms with Gasteiger partial charge < -0.3 is 10.3 Å². The number of carbonyl (C=O) groups excluding carboxylic acids is 1. The molecule has 0 aliphatic heterocycles. The predicted octanol–water partition coefficient (Wildman–Crippen LogP) is 4.78. The number of hydrogen-bond acceptors (Lipinski definition) is 5. The molecule has 0 aliphatic rings. The lowest BCUT2D eigenvalue weighted by Gasteiger charge is -2.16. The van der Waals surface area contributed by atoms with Crippen LogP contribution >= 0.6 is 0 Å². The lowest BCUT2D eigenvalue weighted by atomic mass is 10.0. The summed E-state index contributed by atoms with van der Waals surface area (Å²) < 4.78 is 85.4.